The number of aryl methyl sites for hydroxylation is 1. The van der Waals surface area contributed by atoms with Crippen LogP contribution in [-0.4, -0.2) is 30.7 Å². The summed E-state index contributed by atoms with van der Waals surface area (Å²) in [5, 5.41) is -0.0393. The molecule has 5 nitrogen and oxygen atoms in total. The zero-order valence-electron chi connectivity index (χ0n) is 12.3. The van der Waals surface area contributed by atoms with E-state index in [1.807, 2.05) is 20.8 Å². The number of rotatable bonds is 6. The van der Waals surface area contributed by atoms with Gasteiger partial charge in [-0.15, -0.1) is 0 Å². The van der Waals surface area contributed by atoms with Gasteiger partial charge in [-0.2, -0.15) is 0 Å². The van der Waals surface area contributed by atoms with Crippen LogP contribution < -0.4 is 10.5 Å². The summed E-state index contributed by atoms with van der Waals surface area (Å²) < 4.78 is 38.0. The highest BCUT2D eigenvalue weighted by atomic mass is 32.2. The highest BCUT2D eigenvalue weighted by molar-refractivity contribution is 7.89. The molecule has 0 amide bonds. The molecule has 0 saturated heterocycles. The van der Waals surface area contributed by atoms with Crippen molar-refractivity contribution in [2.75, 3.05) is 18.5 Å². The first-order valence-electron chi connectivity index (χ1n) is 6.33. The summed E-state index contributed by atoms with van der Waals surface area (Å²) in [5.41, 5.74) is 8.00. The molecule has 0 aliphatic carbocycles. The van der Waals surface area contributed by atoms with Crippen molar-refractivity contribution in [1.82, 2.24) is 4.72 Å². The lowest BCUT2D eigenvalue weighted by Crippen LogP contribution is -2.27. The van der Waals surface area contributed by atoms with E-state index in [0.717, 1.165) is 11.1 Å². The molecule has 0 aliphatic rings. The Morgan fingerprint density at radius 3 is 2.45 bits per heavy atom. The average molecular weight is 318 g/mol. The first-order valence-corrected chi connectivity index (χ1v) is 9.44. The van der Waals surface area contributed by atoms with E-state index in [9.17, 15) is 12.6 Å². The molecule has 2 atom stereocenters. The van der Waals surface area contributed by atoms with Gasteiger partial charge in [0.15, 0.2) is 0 Å². The molecular formula is C13H22N2O3S2. The molecule has 2 unspecified atom stereocenters. The van der Waals surface area contributed by atoms with E-state index in [2.05, 4.69) is 4.72 Å². The van der Waals surface area contributed by atoms with Gasteiger partial charge in [0.1, 0.15) is 0 Å². The van der Waals surface area contributed by atoms with Crippen molar-refractivity contribution in [1.29, 1.82) is 0 Å². The van der Waals surface area contributed by atoms with Crippen LogP contribution in [0.3, 0.4) is 0 Å². The molecule has 1 aromatic carbocycles. The maximum Gasteiger partial charge on any atom is 0.240 e. The summed E-state index contributed by atoms with van der Waals surface area (Å²) in [7, 11) is -4.52. The van der Waals surface area contributed by atoms with E-state index >= 15 is 0 Å². The van der Waals surface area contributed by atoms with Crippen LogP contribution in [0.5, 0.6) is 0 Å². The third-order valence-electron chi connectivity index (χ3n) is 3.40. The second-order valence-electron chi connectivity index (χ2n) is 4.95. The molecule has 0 aliphatic heterocycles. The number of nitrogens with one attached hydrogen (secondary N) is 1. The van der Waals surface area contributed by atoms with Crippen LogP contribution in [0.1, 0.15) is 24.5 Å². The molecule has 1 rings (SSSR count). The second kappa shape index (κ2) is 6.69. The highest BCUT2D eigenvalue weighted by Crippen LogP contribution is 2.21. The predicted octanol–water partition coefficient (Wildman–Crippen LogP) is 1.32. The van der Waals surface area contributed by atoms with Gasteiger partial charge in [-0.05, 0) is 43.5 Å². The number of hydrogen-bond acceptors (Lipinski definition) is 4. The van der Waals surface area contributed by atoms with Crippen molar-refractivity contribution < 1.29 is 12.6 Å². The Balaban J connectivity index is 2.82. The molecular weight excluding hydrogens is 296 g/mol. The third kappa shape index (κ3) is 4.29. The van der Waals surface area contributed by atoms with Gasteiger partial charge in [-0.3, -0.25) is 4.21 Å². The Kier molecular flexibility index (Phi) is 5.73. The first-order chi connectivity index (χ1) is 9.15. The van der Waals surface area contributed by atoms with Gasteiger partial charge in [0.05, 0.1) is 4.90 Å². The Bertz CT molecular complexity index is 589. The molecule has 1 aromatic rings. The summed E-state index contributed by atoms with van der Waals surface area (Å²) in [6.07, 6.45) is 2.14. The lowest BCUT2D eigenvalue weighted by atomic mass is 10.1. The number of benzene rings is 1. The van der Waals surface area contributed by atoms with Gasteiger partial charge in [0.25, 0.3) is 0 Å². The molecule has 20 heavy (non-hydrogen) atoms. The fourth-order valence-electron chi connectivity index (χ4n) is 1.65. The largest absolute Gasteiger partial charge is 0.398 e. The Morgan fingerprint density at radius 1 is 1.35 bits per heavy atom. The smallest absolute Gasteiger partial charge is 0.240 e. The quantitative estimate of drug-likeness (QED) is 0.774. The van der Waals surface area contributed by atoms with Gasteiger partial charge in [0.2, 0.25) is 10.0 Å². The number of anilines is 1. The SMILES string of the molecule is Cc1cc(S(=O)(=O)NCCC(C)S(C)=O)cc(N)c1C. The maximum absolute atomic E-state index is 12.2. The van der Waals surface area contributed by atoms with Crippen molar-refractivity contribution in [2.24, 2.45) is 0 Å². The monoisotopic (exact) mass is 318 g/mol. The van der Waals surface area contributed by atoms with E-state index in [1.54, 1.807) is 12.3 Å². The number of hydrogen-bond donors (Lipinski definition) is 2. The van der Waals surface area contributed by atoms with Crippen molar-refractivity contribution >= 4 is 26.5 Å². The predicted molar refractivity (Wildman–Crippen MR) is 83.7 cm³/mol. The minimum Gasteiger partial charge on any atom is -0.398 e. The summed E-state index contributed by atoms with van der Waals surface area (Å²) in [4.78, 5) is 0.170. The Morgan fingerprint density at radius 2 is 1.95 bits per heavy atom. The van der Waals surface area contributed by atoms with Gasteiger partial charge in [-0.25, -0.2) is 13.1 Å². The fourth-order valence-corrected chi connectivity index (χ4v) is 3.27. The number of nitrogens with two attached hydrogens (primary N) is 1. The van der Waals surface area contributed by atoms with Crippen molar-refractivity contribution in [2.45, 2.75) is 37.3 Å². The number of nitrogen functional groups attached to an aromatic ring is 1. The van der Waals surface area contributed by atoms with Crippen LogP contribution in [-0.2, 0) is 20.8 Å². The molecule has 0 heterocycles. The molecule has 0 saturated carbocycles. The fraction of sp³-hybridized carbons (Fsp3) is 0.538. The van der Waals surface area contributed by atoms with E-state index in [4.69, 9.17) is 5.73 Å². The van der Waals surface area contributed by atoms with Crippen LogP contribution in [0.4, 0.5) is 5.69 Å². The van der Waals surface area contributed by atoms with Gasteiger partial charge in [-0.1, -0.05) is 6.92 Å². The molecule has 7 heteroatoms. The van der Waals surface area contributed by atoms with Crippen LogP contribution >= 0.6 is 0 Å². The zero-order valence-corrected chi connectivity index (χ0v) is 13.9. The first kappa shape index (κ1) is 17.1. The zero-order chi connectivity index (χ0) is 15.5. The van der Waals surface area contributed by atoms with Gasteiger partial charge in [0, 0.05) is 34.5 Å². The van der Waals surface area contributed by atoms with E-state index in [1.165, 1.54) is 6.07 Å². The van der Waals surface area contributed by atoms with Crippen LogP contribution in [0.2, 0.25) is 0 Å². The number of sulfonamides is 1. The summed E-state index contributed by atoms with van der Waals surface area (Å²) >= 11 is 0. The van der Waals surface area contributed by atoms with E-state index in [0.29, 0.717) is 12.1 Å². The molecule has 0 bridgehead atoms. The molecule has 3 N–H and O–H groups in total. The third-order valence-corrected chi connectivity index (χ3v) is 6.21. The van der Waals surface area contributed by atoms with Crippen molar-refractivity contribution in [3.05, 3.63) is 23.3 Å². The van der Waals surface area contributed by atoms with Crippen LogP contribution in [0.15, 0.2) is 17.0 Å². The second-order valence-corrected chi connectivity index (χ2v) is 8.52. The Labute approximate surface area is 123 Å². The van der Waals surface area contributed by atoms with Gasteiger partial charge >= 0.3 is 0 Å². The summed E-state index contributed by atoms with van der Waals surface area (Å²) in [5.74, 6) is 0. The minimum atomic E-state index is -3.57. The van der Waals surface area contributed by atoms with Crippen LogP contribution in [0, 0.1) is 13.8 Å². The molecule has 0 aromatic heterocycles. The normalized spacial score (nSPS) is 15.0. The summed E-state index contributed by atoms with van der Waals surface area (Å²) in [6, 6.07) is 3.07. The Hall–Kier alpha value is -0.920. The molecule has 114 valence electrons. The minimum absolute atomic E-state index is 0.0393. The standard InChI is InChI=1S/C13H22N2O3S2/c1-9-7-12(8-13(14)11(9)3)20(17,18)15-6-5-10(2)19(4)16/h7-8,10,15H,5-6,14H2,1-4H3. The highest BCUT2D eigenvalue weighted by Gasteiger charge is 2.16. The van der Waals surface area contributed by atoms with Crippen molar-refractivity contribution in [3.8, 4) is 0 Å². The lowest BCUT2D eigenvalue weighted by Gasteiger charge is -2.12. The van der Waals surface area contributed by atoms with Crippen LogP contribution in [0.25, 0.3) is 0 Å². The summed E-state index contributed by atoms with van der Waals surface area (Å²) in [6.45, 7) is 5.77. The lowest BCUT2D eigenvalue weighted by molar-refractivity contribution is 0.578. The van der Waals surface area contributed by atoms with Gasteiger partial charge < -0.3 is 5.73 Å². The van der Waals surface area contributed by atoms with E-state index < -0.39 is 20.8 Å². The van der Waals surface area contributed by atoms with E-state index in [-0.39, 0.29) is 16.7 Å². The van der Waals surface area contributed by atoms with Crippen molar-refractivity contribution in [3.63, 3.8) is 0 Å². The average Bonchev–Trinajstić information content (AvgIpc) is 2.34. The topological polar surface area (TPSA) is 89.3 Å². The molecule has 0 spiro atoms. The molecule has 0 radical (unpaired) electrons. The molecule has 0 fully saturated rings. The maximum atomic E-state index is 12.2.